The molecular formula is C15H13F2N. The summed E-state index contributed by atoms with van der Waals surface area (Å²) in [5.41, 5.74) is 2.96. The van der Waals surface area contributed by atoms with Gasteiger partial charge in [-0.15, -0.1) is 0 Å². The van der Waals surface area contributed by atoms with E-state index < -0.39 is 11.6 Å². The number of hydrogen-bond donors (Lipinski definition) is 1. The molecule has 0 bridgehead atoms. The third kappa shape index (κ3) is 1.81. The summed E-state index contributed by atoms with van der Waals surface area (Å²) < 4.78 is 27.7. The van der Waals surface area contributed by atoms with Gasteiger partial charge in [-0.25, -0.2) is 8.78 Å². The van der Waals surface area contributed by atoms with Crippen LogP contribution >= 0.6 is 0 Å². The van der Waals surface area contributed by atoms with Crippen LogP contribution in [0.15, 0.2) is 36.4 Å². The summed E-state index contributed by atoms with van der Waals surface area (Å²) in [7, 11) is 0. The van der Waals surface area contributed by atoms with Gasteiger partial charge < -0.3 is 5.32 Å². The van der Waals surface area contributed by atoms with E-state index in [-0.39, 0.29) is 5.56 Å². The second-order valence-electron chi connectivity index (χ2n) is 4.47. The maximum absolute atomic E-state index is 13.9. The number of halogens is 2. The summed E-state index contributed by atoms with van der Waals surface area (Å²) in [6.07, 6.45) is 0.805. The lowest BCUT2D eigenvalue weighted by atomic mass is 9.91. The Balaban J connectivity index is 2.23. The molecule has 0 unspecified atom stereocenters. The minimum Gasteiger partial charge on any atom is -0.312 e. The molecule has 2 aromatic rings. The molecule has 3 rings (SSSR count). The average molecular weight is 245 g/mol. The highest BCUT2D eigenvalue weighted by Crippen LogP contribution is 2.32. The maximum Gasteiger partial charge on any atom is 0.133 e. The summed E-state index contributed by atoms with van der Waals surface area (Å²) in [4.78, 5) is 0. The van der Waals surface area contributed by atoms with Crippen molar-refractivity contribution in [2.75, 3.05) is 6.54 Å². The van der Waals surface area contributed by atoms with Gasteiger partial charge in [0.15, 0.2) is 0 Å². The lowest BCUT2D eigenvalue weighted by molar-refractivity contribution is 0.588. The van der Waals surface area contributed by atoms with E-state index in [1.165, 1.54) is 18.2 Å². The first-order chi connectivity index (χ1) is 8.77. The maximum atomic E-state index is 13.9. The number of nitrogens with one attached hydrogen (secondary N) is 1. The van der Waals surface area contributed by atoms with Crippen LogP contribution in [0, 0.1) is 11.6 Å². The molecule has 1 heterocycles. The van der Waals surface area contributed by atoms with Crippen molar-refractivity contribution in [2.24, 2.45) is 0 Å². The van der Waals surface area contributed by atoms with E-state index >= 15 is 0 Å². The zero-order chi connectivity index (χ0) is 12.5. The molecule has 0 spiro atoms. The van der Waals surface area contributed by atoms with Crippen molar-refractivity contribution in [3.05, 3.63) is 59.2 Å². The first kappa shape index (κ1) is 11.4. The highest BCUT2D eigenvalue weighted by atomic mass is 19.1. The quantitative estimate of drug-likeness (QED) is 0.813. The normalized spacial score (nSPS) is 14.3. The summed E-state index contributed by atoms with van der Waals surface area (Å²) in [6, 6.07) is 9.66. The van der Waals surface area contributed by atoms with Gasteiger partial charge in [0, 0.05) is 6.54 Å². The fraction of sp³-hybridized carbons (Fsp3) is 0.200. The topological polar surface area (TPSA) is 12.0 Å². The Kier molecular flexibility index (Phi) is 2.84. The number of benzene rings is 2. The van der Waals surface area contributed by atoms with Gasteiger partial charge in [-0.3, -0.25) is 0 Å². The molecule has 0 fully saturated rings. The van der Waals surface area contributed by atoms with Gasteiger partial charge in [0.05, 0.1) is 5.56 Å². The van der Waals surface area contributed by atoms with Gasteiger partial charge in [-0.05, 0) is 41.8 Å². The number of fused-ring (bicyclic) bond motifs is 1. The predicted molar refractivity (Wildman–Crippen MR) is 67.2 cm³/mol. The van der Waals surface area contributed by atoms with Crippen molar-refractivity contribution < 1.29 is 8.78 Å². The molecule has 92 valence electrons. The fourth-order valence-electron chi connectivity index (χ4n) is 2.52. The van der Waals surface area contributed by atoms with E-state index in [2.05, 4.69) is 5.32 Å². The van der Waals surface area contributed by atoms with Gasteiger partial charge in [0.1, 0.15) is 11.6 Å². The molecule has 1 aliphatic heterocycles. The second-order valence-corrected chi connectivity index (χ2v) is 4.47. The van der Waals surface area contributed by atoms with Gasteiger partial charge in [0.25, 0.3) is 0 Å². The van der Waals surface area contributed by atoms with Gasteiger partial charge >= 0.3 is 0 Å². The molecule has 18 heavy (non-hydrogen) atoms. The lowest BCUT2D eigenvalue weighted by Gasteiger charge is -2.20. The van der Waals surface area contributed by atoms with Crippen LogP contribution in [0.5, 0.6) is 0 Å². The second kappa shape index (κ2) is 4.50. The monoisotopic (exact) mass is 245 g/mol. The third-order valence-electron chi connectivity index (χ3n) is 3.37. The predicted octanol–water partition coefficient (Wildman–Crippen LogP) is 3.28. The largest absolute Gasteiger partial charge is 0.312 e. The Morgan fingerprint density at radius 2 is 1.67 bits per heavy atom. The van der Waals surface area contributed by atoms with Gasteiger partial charge in [-0.2, -0.15) is 0 Å². The third-order valence-corrected chi connectivity index (χ3v) is 3.37. The molecule has 1 aliphatic rings. The zero-order valence-corrected chi connectivity index (χ0v) is 9.84. The van der Waals surface area contributed by atoms with E-state index in [0.29, 0.717) is 5.56 Å². The SMILES string of the molecule is Fc1cccc(F)c1-c1cccc2c1CCNC2. The van der Waals surface area contributed by atoms with E-state index in [1.54, 1.807) is 6.07 Å². The molecule has 1 N–H and O–H groups in total. The molecule has 0 aromatic heterocycles. The first-order valence-electron chi connectivity index (χ1n) is 6.03. The highest BCUT2D eigenvalue weighted by molar-refractivity contribution is 5.70. The molecule has 3 heteroatoms. The lowest BCUT2D eigenvalue weighted by Crippen LogP contribution is -2.24. The van der Waals surface area contributed by atoms with Crippen molar-refractivity contribution in [1.82, 2.24) is 5.32 Å². The molecule has 0 saturated heterocycles. The summed E-state index contributed by atoms with van der Waals surface area (Å²) in [5.74, 6) is -0.996. The Hall–Kier alpha value is -1.74. The van der Waals surface area contributed by atoms with Crippen molar-refractivity contribution in [3.63, 3.8) is 0 Å². The minimum absolute atomic E-state index is 0.0938. The van der Waals surface area contributed by atoms with Gasteiger partial charge in [0.2, 0.25) is 0 Å². The fourth-order valence-corrected chi connectivity index (χ4v) is 2.52. The Morgan fingerprint density at radius 1 is 0.944 bits per heavy atom. The van der Waals surface area contributed by atoms with E-state index in [9.17, 15) is 8.78 Å². The number of rotatable bonds is 1. The zero-order valence-electron chi connectivity index (χ0n) is 9.84. The van der Waals surface area contributed by atoms with Crippen LogP contribution in [-0.2, 0) is 13.0 Å². The van der Waals surface area contributed by atoms with E-state index in [4.69, 9.17) is 0 Å². The molecule has 0 radical (unpaired) electrons. The smallest absolute Gasteiger partial charge is 0.133 e. The van der Waals surface area contributed by atoms with Crippen molar-refractivity contribution in [2.45, 2.75) is 13.0 Å². The average Bonchev–Trinajstić information content (AvgIpc) is 2.39. The van der Waals surface area contributed by atoms with Crippen LogP contribution in [0.4, 0.5) is 8.78 Å². The van der Waals surface area contributed by atoms with Crippen molar-refractivity contribution in [3.8, 4) is 11.1 Å². The van der Waals surface area contributed by atoms with E-state index in [0.717, 1.165) is 30.6 Å². The molecule has 1 nitrogen and oxygen atoms in total. The van der Waals surface area contributed by atoms with E-state index in [1.807, 2.05) is 12.1 Å². The Bertz CT molecular complexity index is 573. The van der Waals surface area contributed by atoms with Crippen LogP contribution in [0.1, 0.15) is 11.1 Å². The molecular weight excluding hydrogens is 232 g/mol. The Labute approximate surface area is 104 Å². The first-order valence-corrected chi connectivity index (χ1v) is 6.03. The highest BCUT2D eigenvalue weighted by Gasteiger charge is 2.18. The van der Waals surface area contributed by atoms with Crippen LogP contribution in [0.3, 0.4) is 0 Å². The minimum atomic E-state index is -0.498. The van der Waals surface area contributed by atoms with Crippen LogP contribution in [0.25, 0.3) is 11.1 Å². The molecule has 2 aromatic carbocycles. The summed E-state index contributed by atoms with van der Waals surface area (Å²) >= 11 is 0. The molecule has 0 aliphatic carbocycles. The standard InChI is InChI=1S/C15H13F2N/c16-13-5-2-6-14(17)15(13)12-4-1-3-10-9-18-8-7-11(10)12/h1-6,18H,7-9H2. The summed E-state index contributed by atoms with van der Waals surface area (Å²) in [5, 5.41) is 3.26. The van der Waals surface area contributed by atoms with Crippen molar-refractivity contribution >= 4 is 0 Å². The van der Waals surface area contributed by atoms with Crippen LogP contribution < -0.4 is 5.32 Å². The summed E-state index contributed by atoms with van der Waals surface area (Å²) in [6.45, 7) is 1.61. The van der Waals surface area contributed by atoms with Crippen LogP contribution in [0.2, 0.25) is 0 Å². The van der Waals surface area contributed by atoms with Gasteiger partial charge in [-0.1, -0.05) is 24.3 Å². The molecule has 0 amide bonds. The Morgan fingerprint density at radius 3 is 2.44 bits per heavy atom. The number of hydrogen-bond acceptors (Lipinski definition) is 1. The van der Waals surface area contributed by atoms with Crippen LogP contribution in [-0.4, -0.2) is 6.54 Å². The molecule has 0 atom stereocenters. The van der Waals surface area contributed by atoms with Crippen molar-refractivity contribution in [1.29, 1.82) is 0 Å². The molecule has 0 saturated carbocycles.